The molecule has 0 aliphatic rings. The van der Waals surface area contributed by atoms with Crippen molar-refractivity contribution in [2.45, 2.75) is 26.1 Å². The van der Waals surface area contributed by atoms with Crippen LogP contribution in [0.4, 0.5) is 13.2 Å². The molecule has 0 saturated carbocycles. The van der Waals surface area contributed by atoms with Crippen molar-refractivity contribution in [3.05, 3.63) is 64.1 Å². The van der Waals surface area contributed by atoms with E-state index in [0.29, 0.717) is 5.70 Å². The molecule has 1 aromatic carbocycles. The molecule has 0 aliphatic heterocycles. The van der Waals surface area contributed by atoms with Crippen LogP contribution in [0, 0.1) is 5.41 Å². The topological polar surface area (TPSA) is 70.8 Å². The van der Waals surface area contributed by atoms with Crippen LogP contribution in [0.5, 0.6) is 0 Å². The van der Waals surface area contributed by atoms with Crippen molar-refractivity contribution in [3.63, 3.8) is 0 Å². The van der Waals surface area contributed by atoms with E-state index < -0.39 is 17.2 Å². The molecule has 0 atom stereocenters. The van der Waals surface area contributed by atoms with Crippen LogP contribution in [0.1, 0.15) is 25.1 Å². The number of alkyl halides is 3. The Morgan fingerprint density at radius 2 is 2.04 bits per heavy atom. The third-order valence-corrected chi connectivity index (χ3v) is 3.20. The lowest BCUT2D eigenvalue weighted by Gasteiger charge is -2.15. The van der Waals surface area contributed by atoms with Gasteiger partial charge in [-0.15, -0.1) is 0 Å². The average molecular weight is 350 g/mol. The molecule has 2 N–H and O–H groups in total. The third-order valence-electron chi connectivity index (χ3n) is 3.20. The minimum absolute atomic E-state index is 0.0189. The van der Waals surface area contributed by atoms with E-state index in [-0.39, 0.29) is 17.4 Å². The fourth-order valence-corrected chi connectivity index (χ4v) is 2.15. The first-order valence-corrected chi connectivity index (χ1v) is 7.47. The molecular weight excluding hydrogens is 333 g/mol. The van der Waals surface area contributed by atoms with Gasteiger partial charge in [-0.2, -0.15) is 18.3 Å². The molecule has 8 heteroatoms. The quantitative estimate of drug-likeness (QED) is 0.814. The standard InChI is InChI=1S/C17H17F3N4O/c1-11(2)22-14(6-8-21)16-15(25)7-9-24(23-16)13-5-3-4-12(10-13)17(18,19)20/h3-11,21-22H,1-2H3/b14-6-,21-8?. The first-order chi connectivity index (χ1) is 11.7. The molecule has 1 aromatic heterocycles. The molecule has 0 radical (unpaired) electrons. The Hall–Kier alpha value is -2.90. The van der Waals surface area contributed by atoms with Gasteiger partial charge in [0.1, 0.15) is 0 Å². The zero-order chi connectivity index (χ0) is 18.6. The summed E-state index contributed by atoms with van der Waals surface area (Å²) < 4.78 is 39.8. The van der Waals surface area contributed by atoms with Crippen molar-refractivity contribution in [1.29, 1.82) is 5.41 Å². The van der Waals surface area contributed by atoms with Crippen LogP contribution in [0.2, 0.25) is 0 Å². The molecule has 0 amide bonds. The van der Waals surface area contributed by atoms with Crippen molar-refractivity contribution in [2.24, 2.45) is 0 Å². The molecule has 132 valence electrons. The second-order valence-corrected chi connectivity index (χ2v) is 5.57. The van der Waals surface area contributed by atoms with Crippen molar-refractivity contribution >= 4 is 11.9 Å². The molecule has 1 heterocycles. The highest BCUT2D eigenvalue weighted by molar-refractivity contribution is 5.81. The van der Waals surface area contributed by atoms with Gasteiger partial charge in [-0.3, -0.25) is 4.79 Å². The second-order valence-electron chi connectivity index (χ2n) is 5.57. The molecule has 0 aliphatic carbocycles. The van der Waals surface area contributed by atoms with E-state index in [1.807, 2.05) is 13.8 Å². The van der Waals surface area contributed by atoms with Crippen molar-refractivity contribution in [1.82, 2.24) is 15.1 Å². The van der Waals surface area contributed by atoms with Gasteiger partial charge in [0.2, 0.25) is 5.43 Å². The van der Waals surface area contributed by atoms with Crippen molar-refractivity contribution in [3.8, 4) is 5.69 Å². The Morgan fingerprint density at radius 1 is 1.32 bits per heavy atom. The molecular formula is C17H17F3N4O. The van der Waals surface area contributed by atoms with Crippen molar-refractivity contribution < 1.29 is 13.2 Å². The van der Waals surface area contributed by atoms with Gasteiger partial charge in [0.25, 0.3) is 0 Å². The zero-order valence-corrected chi connectivity index (χ0v) is 13.6. The molecule has 0 saturated heterocycles. The van der Waals surface area contributed by atoms with Gasteiger partial charge in [-0.25, -0.2) is 4.68 Å². The molecule has 25 heavy (non-hydrogen) atoms. The molecule has 5 nitrogen and oxygen atoms in total. The van der Waals surface area contributed by atoms with Gasteiger partial charge in [0, 0.05) is 24.5 Å². The fourth-order valence-electron chi connectivity index (χ4n) is 2.15. The number of aromatic nitrogens is 2. The van der Waals surface area contributed by atoms with Gasteiger partial charge < -0.3 is 10.7 Å². The van der Waals surface area contributed by atoms with Gasteiger partial charge in [-0.05, 0) is 38.1 Å². The van der Waals surface area contributed by atoms with Crippen LogP contribution in [0.15, 0.2) is 47.4 Å². The maximum atomic E-state index is 12.9. The number of halogens is 3. The number of rotatable bonds is 5. The van der Waals surface area contributed by atoms with Crippen LogP contribution < -0.4 is 10.7 Å². The first-order valence-electron chi connectivity index (χ1n) is 7.47. The second kappa shape index (κ2) is 7.33. The minimum Gasteiger partial charge on any atom is -0.381 e. The summed E-state index contributed by atoms with van der Waals surface area (Å²) in [6.45, 7) is 3.71. The maximum absolute atomic E-state index is 12.9. The predicted octanol–water partition coefficient (Wildman–Crippen LogP) is 3.24. The highest BCUT2D eigenvalue weighted by Gasteiger charge is 2.30. The Kier molecular flexibility index (Phi) is 5.41. The molecule has 2 aromatic rings. The van der Waals surface area contributed by atoms with E-state index in [1.165, 1.54) is 35.2 Å². The minimum atomic E-state index is -4.47. The van der Waals surface area contributed by atoms with Crippen molar-refractivity contribution in [2.75, 3.05) is 0 Å². The lowest BCUT2D eigenvalue weighted by atomic mass is 10.2. The number of hydrogen-bond acceptors (Lipinski definition) is 4. The third kappa shape index (κ3) is 4.56. The summed E-state index contributed by atoms with van der Waals surface area (Å²) in [6, 6.07) is 5.87. The van der Waals surface area contributed by atoms with E-state index in [2.05, 4.69) is 10.4 Å². The summed E-state index contributed by atoms with van der Waals surface area (Å²) in [7, 11) is 0. The number of nitrogens with one attached hydrogen (secondary N) is 2. The van der Waals surface area contributed by atoms with E-state index in [9.17, 15) is 18.0 Å². The van der Waals surface area contributed by atoms with Crippen LogP contribution >= 0.6 is 0 Å². The van der Waals surface area contributed by atoms with Crippen LogP contribution in [0.3, 0.4) is 0 Å². The molecule has 0 unspecified atom stereocenters. The maximum Gasteiger partial charge on any atom is 0.416 e. The number of allylic oxidation sites excluding steroid dienone is 1. The molecule has 0 spiro atoms. The Balaban J connectivity index is 2.54. The molecule has 0 fully saturated rings. The predicted molar refractivity (Wildman–Crippen MR) is 89.9 cm³/mol. The highest BCUT2D eigenvalue weighted by Crippen LogP contribution is 2.30. The largest absolute Gasteiger partial charge is 0.416 e. The monoisotopic (exact) mass is 350 g/mol. The number of nitrogens with zero attached hydrogens (tertiary/aromatic N) is 2. The Labute approximate surface area is 142 Å². The molecule has 2 rings (SSSR count). The summed E-state index contributed by atoms with van der Waals surface area (Å²) in [5.41, 5.74) is -0.671. The van der Waals surface area contributed by atoms with E-state index >= 15 is 0 Å². The first kappa shape index (κ1) is 18.4. The summed E-state index contributed by atoms with van der Waals surface area (Å²) >= 11 is 0. The molecule has 0 bridgehead atoms. The lowest BCUT2D eigenvalue weighted by Crippen LogP contribution is -2.27. The van der Waals surface area contributed by atoms with Crippen LogP contribution in [-0.2, 0) is 6.18 Å². The van der Waals surface area contributed by atoms with E-state index in [4.69, 9.17) is 5.41 Å². The highest BCUT2D eigenvalue weighted by atomic mass is 19.4. The van der Waals surface area contributed by atoms with Crippen LogP contribution in [0.25, 0.3) is 11.4 Å². The number of hydrogen-bond donors (Lipinski definition) is 2. The normalized spacial score (nSPS) is 12.3. The van der Waals surface area contributed by atoms with E-state index in [0.717, 1.165) is 18.3 Å². The SMILES string of the molecule is CC(C)N/C(=C\C=N)c1nn(-c2cccc(C(F)(F)F)c2)ccc1=O. The summed E-state index contributed by atoms with van der Waals surface area (Å²) in [5.74, 6) is 0. The average Bonchev–Trinajstić information content (AvgIpc) is 2.54. The fraction of sp³-hybridized carbons (Fsp3) is 0.235. The van der Waals surface area contributed by atoms with Crippen LogP contribution in [-0.4, -0.2) is 22.0 Å². The van der Waals surface area contributed by atoms with Gasteiger partial charge in [0.05, 0.1) is 16.9 Å². The number of benzene rings is 1. The Bertz CT molecular complexity index is 853. The Morgan fingerprint density at radius 3 is 2.64 bits per heavy atom. The summed E-state index contributed by atoms with van der Waals surface area (Å²) in [5, 5.41) is 14.4. The smallest absolute Gasteiger partial charge is 0.381 e. The van der Waals surface area contributed by atoms with Gasteiger partial charge in [0.15, 0.2) is 5.69 Å². The summed E-state index contributed by atoms with van der Waals surface area (Å²) in [6.07, 6.45) is -0.783. The van der Waals surface area contributed by atoms with E-state index in [1.54, 1.807) is 0 Å². The van der Waals surface area contributed by atoms with Gasteiger partial charge >= 0.3 is 6.18 Å². The lowest BCUT2D eigenvalue weighted by molar-refractivity contribution is -0.137. The summed E-state index contributed by atoms with van der Waals surface area (Å²) in [4.78, 5) is 12.1. The zero-order valence-electron chi connectivity index (χ0n) is 13.6. The van der Waals surface area contributed by atoms with Gasteiger partial charge in [-0.1, -0.05) is 6.07 Å².